The van der Waals surface area contributed by atoms with Gasteiger partial charge in [0.05, 0.1) is 0 Å². The Hall–Kier alpha value is -3.59. The van der Waals surface area contributed by atoms with Crippen LogP contribution in [0, 0.1) is 18.3 Å². The normalized spacial score (nSPS) is 11.4. The molecule has 5 nitrogen and oxygen atoms in total. The third-order valence-corrected chi connectivity index (χ3v) is 3.72. The van der Waals surface area contributed by atoms with E-state index in [1.54, 1.807) is 24.3 Å². The number of aromatic hydroxyl groups is 2. The van der Waals surface area contributed by atoms with Crippen LogP contribution in [0.2, 0.25) is 0 Å². The van der Waals surface area contributed by atoms with Gasteiger partial charge in [-0.3, -0.25) is 4.79 Å². The molecular weight excluding hydrogens is 347 g/mol. The molecule has 0 bridgehead atoms. The number of alkyl halides is 1. The number of rotatable bonds is 6. The molecule has 0 radical (unpaired) electrons. The summed E-state index contributed by atoms with van der Waals surface area (Å²) in [6.45, 7) is 1.45. The number of halogens is 1. The largest absolute Gasteiger partial charge is 0.504 e. The summed E-state index contributed by atoms with van der Waals surface area (Å²) < 4.78 is 12.8. The SMILES string of the molecule is Cc1cc(CF)cc(CNC(=O)/C(C#N)=C/C=C/c2ccc(O)c(O)c2)c1. The van der Waals surface area contributed by atoms with Crippen molar-refractivity contribution in [1.82, 2.24) is 5.32 Å². The average molecular weight is 366 g/mol. The van der Waals surface area contributed by atoms with Gasteiger partial charge in [-0.05, 0) is 41.8 Å². The number of hydrogen-bond donors (Lipinski definition) is 3. The number of phenolic OH excluding ortho intramolecular Hbond substituents is 2. The molecule has 0 aliphatic heterocycles. The number of carbonyl (C=O) groups excluding carboxylic acids is 1. The lowest BCUT2D eigenvalue weighted by Crippen LogP contribution is -2.24. The molecule has 27 heavy (non-hydrogen) atoms. The highest BCUT2D eigenvalue weighted by atomic mass is 19.1. The summed E-state index contributed by atoms with van der Waals surface area (Å²) in [4.78, 5) is 12.1. The fourth-order valence-electron chi connectivity index (χ4n) is 2.47. The number of allylic oxidation sites excluding steroid dienone is 2. The number of benzene rings is 2. The van der Waals surface area contributed by atoms with Crippen LogP contribution in [0.25, 0.3) is 6.08 Å². The molecule has 2 aromatic carbocycles. The van der Waals surface area contributed by atoms with Crippen molar-refractivity contribution >= 4 is 12.0 Å². The smallest absolute Gasteiger partial charge is 0.262 e. The Morgan fingerprint density at radius 1 is 1.19 bits per heavy atom. The molecule has 2 rings (SSSR count). The Morgan fingerprint density at radius 3 is 2.59 bits per heavy atom. The first-order chi connectivity index (χ1) is 12.9. The molecule has 6 heteroatoms. The second kappa shape index (κ2) is 9.20. The quantitative estimate of drug-likeness (QED) is 0.315. The van der Waals surface area contributed by atoms with E-state index in [1.807, 2.05) is 19.1 Å². The molecule has 0 aromatic heterocycles. The maximum absolute atomic E-state index is 12.8. The van der Waals surface area contributed by atoms with Gasteiger partial charge in [-0.1, -0.05) is 42.0 Å². The van der Waals surface area contributed by atoms with Gasteiger partial charge in [0, 0.05) is 6.54 Å². The Morgan fingerprint density at radius 2 is 1.93 bits per heavy atom. The van der Waals surface area contributed by atoms with E-state index in [-0.39, 0.29) is 23.6 Å². The van der Waals surface area contributed by atoms with Gasteiger partial charge in [0.25, 0.3) is 5.91 Å². The minimum Gasteiger partial charge on any atom is -0.504 e. The number of nitrogens with one attached hydrogen (secondary N) is 1. The summed E-state index contributed by atoms with van der Waals surface area (Å²) in [7, 11) is 0. The van der Waals surface area contributed by atoms with E-state index >= 15 is 0 Å². The first-order valence-corrected chi connectivity index (χ1v) is 8.17. The molecule has 0 spiro atoms. The summed E-state index contributed by atoms with van der Waals surface area (Å²) in [6, 6.07) is 11.3. The molecule has 0 saturated heterocycles. The minimum atomic E-state index is -0.580. The standard InChI is InChI=1S/C21H19FN2O3/c1-14-7-16(11-22)9-17(8-14)13-24-21(27)18(12-23)4-2-3-15-5-6-19(25)20(26)10-15/h2-10,25-26H,11,13H2,1H3,(H,24,27)/b3-2+,18-4+. The predicted molar refractivity (Wildman–Crippen MR) is 100 cm³/mol. The van der Waals surface area contributed by atoms with E-state index in [1.165, 1.54) is 24.3 Å². The predicted octanol–water partition coefficient (Wildman–Crippen LogP) is 3.66. The topological polar surface area (TPSA) is 93.4 Å². The first-order valence-electron chi connectivity index (χ1n) is 8.17. The summed E-state index contributed by atoms with van der Waals surface area (Å²) >= 11 is 0. The number of hydrogen-bond acceptors (Lipinski definition) is 4. The monoisotopic (exact) mass is 366 g/mol. The lowest BCUT2D eigenvalue weighted by atomic mass is 10.1. The van der Waals surface area contributed by atoms with E-state index in [0.29, 0.717) is 11.1 Å². The van der Waals surface area contributed by atoms with Crippen LogP contribution in [0.4, 0.5) is 4.39 Å². The highest BCUT2D eigenvalue weighted by Gasteiger charge is 2.08. The van der Waals surface area contributed by atoms with Crippen LogP contribution in [0.5, 0.6) is 11.5 Å². The molecular formula is C21H19FN2O3. The molecule has 0 atom stereocenters. The van der Waals surface area contributed by atoms with Crippen molar-refractivity contribution in [2.24, 2.45) is 0 Å². The number of nitriles is 1. The van der Waals surface area contributed by atoms with Gasteiger partial charge in [0.2, 0.25) is 0 Å². The zero-order valence-electron chi connectivity index (χ0n) is 14.7. The lowest BCUT2D eigenvalue weighted by Gasteiger charge is -2.07. The van der Waals surface area contributed by atoms with E-state index in [2.05, 4.69) is 5.32 Å². The van der Waals surface area contributed by atoms with Crippen molar-refractivity contribution < 1.29 is 19.4 Å². The van der Waals surface area contributed by atoms with Crippen LogP contribution >= 0.6 is 0 Å². The Bertz CT molecular complexity index is 943. The van der Waals surface area contributed by atoms with Gasteiger partial charge in [0.1, 0.15) is 18.3 Å². The highest BCUT2D eigenvalue weighted by molar-refractivity contribution is 5.97. The van der Waals surface area contributed by atoms with Crippen LogP contribution in [0.15, 0.2) is 54.1 Å². The van der Waals surface area contributed by atoms with Crippen molar-refractivity contribution in [3.05, 3.63) is 76.4 Å². The lowest BCUT2D eigenvalue weighted by molar-refractivity contribution is -0.117. The fourth-order valence-corrected chi connectivity index (χ4v) is 2.47. The van der Waals surface area contributed by atoms with Crippen LogP contribution < -0.4 is 5.32 Å². The number of amides is 1. The van der Waals surface area contributed by atoms with E-state index < -0.39 is 12.6 Å². The molecule has 3 N–H and O–H groups in total. The van der Waals surface area contributed by atoms with Crippen molar-refractivity contribution in [1.29, 1.82) is 5.26 Å². The number of aryl methyl sites for hydroxylation is 1. The highest BCUT2D eigenvalue weighted by Crippen LogP contribution is 2.25. The van der Waals surface area contributed by atoms with Crippen molar-refractivity contribution in [2.75, 3.05) is 0 Å². The summed E-state index contributed by atoms with van der Waals surface area (Å²) in [5.41, 5.74) is 2.69. The van der Waals surface area contributed by atoms with Crippen LogP contribution in [-0.4, -0.2) is 16.1 Å². The van der Waals surface area contributed by atoms with E-state index in [0.717, 1.165) is 11.1 Å². The third kappa shape index (κ3) is 5.72. The molecule has 0 aliphatic rings. The van der Waals surface area contributed by atoms with E-state index in [9.17, 15) is 19.4 Å². The number of phenols is 2. The zero-order valence-corrected chi connectivity index (χ0v) is 14.7. The second-order valence-electron chi connectivity index (χ2n) is 5.94. The second-order valence-corrected chi connectivity index (χ2v) is 5.94. The molecule has 0 heterocycles. The van der Waals surface area contributed by atoms with Crippen molar-refractivity contribution in [2.45, 2.75) is 20.1 Å². The molecule has 138 valence electrons. The molecule has 0 unspecified atom stereocenters. The first kappa shape index (κ1) is 19.7. The van der Waals surface area contributed by atoms with Crippen molar-refractivity contribution in [3.8, 4) is 17.6 Å². The average Bonchev–Trinajstić information content (AvgIpc) is 2.65. The van der Waals surface area contributed by atoms with Gasteiger partial charge in [-0.15, -0.1) is 0 Å². The minimum absolute atomic E-state index is 0.0902. The van der Waals surface area contributed by atoms with E-state index in [4.69, 9.17) is 5.26 Å². The van der Waals surface area contributed by atoms with Gasteiger partial charge in [0.15, 0.2) is 11.5 Å². The summed E-state index contributed by atoms with van der Waals surface area (Å²) in [6.07, 6.45) is 4.43. The summed E-state index contributed by atoms with van der Waals surface area (Å²) in [5.74, 6) is -1.03. The maximum atomic E-state index is 12.8. The third-order valence-electron chi connectivity index (χ3n) is 3.72. The fraction of sp³-hybridized carbons (Fsp3) is 0.143. The molecule has 0 saturated carbocycles. The molecule has 0 fully saturated rings. The van der Waals surface area contributed by atoms with Gasteiger partial charge < -0.3 is 15.5 Å². The van der Waals surface area contributed by atoms with Gasteiger partial charge in [-0.25, -0.2) is 4.39 Å². The van der Waals surface area contributed by atoms with Crippen LogP contribution in [-0.2, 0) is 18.0 Å². The van der Waals surface area contributed by atoms with Crippen molar-refractivity contribution in [3.63, 3.8) is 0 Å². The Balaban J connectivity index is 2.03. The molecule has 0 aliphatic carbocycles. The molecule has 1 amide bonds. The van der Waals surface area contributed by atoms with Crippen LogP contribution in [0.1, 0.15) is 22.3 Å². The molecule has 2 aromatic rings. The zero-order chi connectivity index (χ0) is 19.8. The number of carbonyl (C=O) groups is 1. The Labute approximate surface area is 156 Å². The van der Waals surface area contributed by atoms with Crippen LogP contribution in [0.3, 0.4) is 0 Å². The summed E-state index contributed by atoms with van der Waals surface area (Å²) in [5, 5.41) is 30.5. The van der Waals surface area contributed by atoms with Gasteiger partial charge >= 0.3 is 0 Å². The Kier molecular flexibility index (Phi) is 6.73. The maximum Gasteiger partial charge on any atom is 0.262 e. The number of nitrogens with zero attached hydrogens (tertiary/aromatic N) is 1. The van der Waals surface area contributed by atoms with Gasteiger partial charge in [-0.2, -0.15) is 5.26 Å².